The largest absolute Gasteiger partial charge is 0.411 e. The summed E-state index contributed by atoms with van der Waals surface area (Å²) in [6.45, 7) is 7.15. The summed E-state index contributed by atoms with van der Waals surface area (Å²) in [4.78, 5) is 15.1. The Morgan fingerprint density at radius 1 is 1.19 bits per heavy atom. The van der Waals surface area contributed by atoms with Crippen LogP contribution in [0.15, 0.2) is 51.4 Å². The van der Waals surface area contributed by atoms with Gasteiger partial charge >= 0.3 is 0 Å². The number of carbonyl (C=O) groups is 1. The van der Waals surface area contributed by atoms with Gasteiger partial charge in [-0.1, -0.05) is 50.7 Å². The zero-order chi connectivity index (χ0) is 19.4. The highest BCUT2D eigenvalue weighted by Crippen LogP contribution is 2.27. The molecule has 3 aromatic rings. The van der Waals surface area contributed by atoms with E-state index in [9.17, 15) is 4.79 Å². The fourth-order valence-corrected chi connectivity index (χ4v) is 3.92. The topological polar surface area (TPSA) is 59.2 Å². The first-order chi connectivity index (χ1) is 12.8. The summed E-state index contributed by atoms with van der Waals surface area (Å²) in [5.41, 5.74) is 2.23. The van der Waals surface area contributed by atoms with Crippen molar-refractivity contribution in [3.63, 3.8) is 0 Å². The third kappa shape index (κ3) is 5.20. The van der Waals surface area contributed by atoms with Crippen LogP contribution in [0.25, 0.3) is 11.5 Å². The lowest BCUT2D eigenvalue weighted by molar-refractivity contribution is -0.127. The molecule has 0 spiro atoms. The van der Waals surface area contributed by atoms with Gasteiger partial charge in [-0.25, -0.2) is 0 Å². The van der Waals surface area contributed by atoms with Crippen LogP contribution in [0.3, 0.4) is 0 Å². The Morgan fingerprint density at radius 2 is 1.93 bits per heavy atom. The molecule has 27 heavy (non-hydrogen) atoms. The summed E-state index contributed by atoms with van der Waals surface area (Å²) >= 11 is 2.91. The third-order valence-corrected chi connectivity index (χ3v) is 5.79. The number of aromatic nitrogens is 2. The predicted molar refractivity (Wildman–Crippen MR) is 110 cm³/mol. The molecule has 1 amide bonds. The molecular formula is C20H23N3O2S2. The highest BCUT2D eigenvalue weighted by molar-refractivity contribution is 7.99. The van der Waals surface area contributed by atoms with Crippen molar-refractivity contribution < 1.29 is 9.21 Å². The van der Waals surface area contributed by atoms with E-state index in [0.717, 1.165) is 10.4 Å². The minimum atomic E-state index is 0.0303. The van der Waals surface area contributed by atoms with Gasteiger partial charge in [-0.2, -0.15) is 0 Å². The standard InChI is InChI=1S/C20H23N3O2S2/c1-20(2,3)15-9-7-14(8-10-15)18-21-22-19(25-18)27-13-17(24)23(4)12-16-6-5-11-26-16/h5-11H,12-13H2,1-4H3. The minimum Gasteiger partial charge on any atom is -0.411 e. The number of thiophene rings is 1. The molecule has 0 radical (unpaired) electrons. The van der Waals surface area contributed by atoms with Gasteiger partial charge in [-0.05, 0) is 34.6 Å². The van der Waals surface area contributed by atoms with E-state index in [4.69, 9.17) is 4.42 Å². The maximum Gasteiger partial charge on any atom is 0.277 e. The monoisotopic (exact) mass is 401 g/mol. The van der Waals surface area contributed by atoms with Gasteiger partial charge in [0.15, 0.2) is 0 Å². The van der Waals surface area contributed by atoms with E-state index in [1.807, 2.05) is 29.6 Å². The molecule has 7 heteroatoms. The van der Waals surface area contributed by atoms with Gasteiger partial charge in [-0.3, -0.25) is 4.79 Å². The fourth-order valence-electron chi connectivity index (χ4n) is 2.46. The van der Waals surface area contributed by atoms with E-state index in [1.165, 1.54) is 17.3 Å². The molecule has 0 bridgehead atoms. The van der Waals surface area contributed by atoms with Crippen LogP contribution in [0.1, 0.15) is 31.2 Å². The molecule has 0 aliphatic carbocycles. The summed E-state index contributed by atoms with van der Waals surface area (Å²) in [6, 6.07) is 12.1. The molecule has 2 heterocycles. The van der Waals surface area contributed by atoms with Crippen LogP contribution in [-0.2, 0) is 16.8 Å². The summed E-state index contributed by atoms with van der Waals surface area (Å²) < 4.78 is 5.70. The normalized spacial score (nSPS) is 11.6. The first-order valence-corrected chi connectivity index (χ1v) is 10.5. The number of carbonyl (C=O) groups excluding carboxylic acids is 1. The molecule has 142 valence electrons. The summed E-state index contributed by atoms with van der Waals surface area (Å²) in [6.07, 6.45) is 0. The zero-order valence-electron chi connectivity index (χ0n) is 15.9. The van der Waals surface area contributed by atoms with Gasteiger partial charge in [0, 0.05) is 17.5 Å². The Bertz CT molecular complexity index is 881. The van der Waals surface area contributed by atoms with Crippen LogP contribution < -0.4 is 0 Å². The molecule has 1 aromatic carbocycles. The van der Waals surface area contributed by atoms with E-state index in [0.29, 0.717) is 17.7 Å². The number of thioether (sulfide) groups is 1. The molecular weight excluding hydrogens is 378 g/mol. The first kappa shape index (κ1) is 19.6. The molecule has 5 nitrogen and oxygen atoms in total. The molecule has 2 aromatic heterocycles. The van der Waals surface area contributed by atoms with Crippen molar-refractivity contribution >= 4 is 29.0 Å². The Kier molecular flexibility index (Phi) is 6.01. The van der Waals surface area contributed by atoms with Gasteiger partial charge in [0.05, 0.1) is 12.3 Å². The van der Waals surface area contributed by atoms with Crippen LogP contribution in [0, 0.1) is 0 Å². The Hall–Kier alpha value is -2.12. The molecule has 0 N–H and O–H groups in total. The molecule has 0 unspecified atom stereocenters. The maximum absolute atomic E-state index is 12.3. The van der Waals surface area contributed by atoms with Gasteiger partial charge in [0.2, 0.25) is 11.8 Å². The van der Waals surface area contributed by atoms with Crippen molar-refractivity contribution in [1.29, 1.82) is 0 Å². The van der Waals surface area contributed by atoms with E-state index in [2.05, 4.69) is 43.1 Å². The molecule has 0 atom stereocenters. The lowest BCUT2D eigenvalue weighted by Gasteiger charge is -2.18. The highest BCUT2D eigenvalue weighted by atomic mass is 32.2. The summed E-state index contributed by atoms with van der Waals surface area (Å²) in [5, 5.41) is 10.6. The number of nitrogens with zero attached hydrogens (tertiary/aromatic N) is 3. The quantitative estimate of drug-likeness (QED) is 0.553. The maximum atomic E-state index is 12.3. The molecule has 3 rings (SSSR count). The zero-order valence-corrected chi connectivity index (χ0v) is 17.6. The van der Waals surface area contributed by atoms with Crippen LogP contribution in [0.5, 0.6) is 0 Å². The van der Waals surface area contributed by atoms with Gasteiger partial charge in [0.1, 0.15) is 0 Å². The van der Waals surface area contributed by atoms with Gasteiger partial charge < -0.3 is 9.32 Å². The van der Waals surface area contributed by atoms with E-state index in [-0.39, 0.29) is 17.1 Å². The number of hydrogen-bond donors (Lipinski definition) is 0. The first-order valence-electron chi connectivity index (χ1n) is 8.66. The lowest BCUT2D eigenvalue weighted by atomic mass is 9.87. The SMILES string of the molecule is CN(Cc1cccs1)C(=O)CSc1nnc(-c2ccc(C(C)(C)C)cc2)o1. The average molecular weight is 402 g/mol. The minimum absolute atomic E-state index is 0.0303. The summed E-state index contributed by atoms with van der Waals surface area (Å²) in [5.74, 6) is 0.770. The van der Waals surface area contributed by atoms with E-state index < -0.39 is 0 Å². The number of rotatable bonds is 6. The van der Waals surface area contributed by atoms with Crippen LogP contribution >= 0.6 is 23.1 Å². The Morgan fingerprint density at radius 3 is 2.56 bits per heavy atom. The van der Waals surface area contributed by atoms with Crippen molar-refractivity contribution in [1.82, 2.24) is 15.1 Å². The van der Waals surface area contributed by atoms with Crippen LogP contribution in [0.2, 0.25) is 0 Å². The second kappa shape index (κ2) is 8.27. The number of hydrogen-bond acceptors (Lipinski definition) is 6. The van der Waals surface area contributed by atoms with Crippen molar-refractivity contribution in [3.05, 3.63) is 52.2 Å². The van der Waals surface area contributed by atoms with Crippen LogP contribution in [0.4, 0.5) is 0 Å². The van der Waals surface area contributed by atoms with Gasteiger partial charge in [-0.15, -0.1) is 21.5 Å². The Balaban J connectivity index is 1.57. The van der Waals surface area contributed by atoms with Crippen LogP contribution in [-0.4, -0.2) is 33.8 Å². The molecule has 0 aliphatic rings. The van der Waals surface area contributed by atoms with Crippen molar-refractivity contribution in [2.24, 2.45) is 0 Å². The molecule has 0 saturated carbocycles. The number of amides is 1. The van der Waals surface area contributed by atoms with Crippen molar-refractivity contribution in [2.45, 2.75) is 38.0 Å². The smallest absolute Gasteiger partial charge is 0.277 e. The second-order valence-electron chi connectivity index (χ2n) is 7.32. The van der Waals surface area contributed by atoms with Gasteiger partial charge in [0.25, 0.3) is 5.22 Å². The summed E-state index contributed by atoms with van der Waals surface area (Å²) in [7, 11) is 1.80. The van der Waals surface area contributed by atoms with E-state index >= 15 is 0 Å². The lowest BCUT2D eigenvalue weighted by Crippen LogP contribution is -2.27. The number of benzene rings is 1. The second-order valence-corrected chi connectivity index (χ2v) is 9.28. The third-order valence-electron chi connectivity index (χ3n) is 4.12. The molecule has 0 saturated heterocycles. The van der Waals surface area contributed by atoms with Crippen molar-refractivity contribution in [2.75, 3.05) is 12.8 Å². The molecule has 0 fully saturated rings. The fraction of sp³-hybridized carbons (Fsp3) is 0.350. The molecule has 0 aliphatic heterocycles. The van der Waals surface area contributed by atoms with Crippen molar-refractivity contribution in [3.8, 4) is 11.5 Å². The average Bonchev–Trinajstić information content (AvgIpc) is 3.31. The predicted octanol–water partition coefficient (Wildman–Crippen LogP) is 4.85. The highest BCUT2D eigenvalue weighted by Gasteiger charge is 2.16. The van der Waals surface area contributed by atoms with E-state index in [1.54, 1.807) is 23.3 Å². The Labute approximate surface area is 167 Å².